The Bertz CT molecular complexity index is 819. The van der Waals surface area contributed by atoms with Gasteiger partial charge in [-0.1, -0.05) is 33.8 Å². The molecule has 0 aromatic rings. The summed E-state index contributed by atoms with van der Waals surface area (Å²) in [5.41, 5.74) is -2.70. The molecule has 1 amide bonds. The predicted molar refractivity (Wildman–Crippen MR) is 124 cm³/mol. The minimum absolute atomic E-state index is 0.0115. The Labute approximate surface area is 205 Å². The average Bonchev–Trinajstić information content (AvgIpc) is 2.73. The van der Waals surface area contributed by atoms with Crippen LogP contribution in [0, 0.1) is 28.6 Å². The molecular weight excluding hydrogens is 466 g/mol. The largest absolute Gasteiger partial charge is 0.443 e. The molecule has 0 unspecified atom stereocenters. The number of ether oxygens (including phenoxy) is 1. The highest BCUT2D eigenvalue weighted by molar-refractivity contribution is 6.18. The van der Waals surface area contributed by atoms with E-state index in [1.807, 2.05) is 19.3 Å². The average molecular weight is 504 g/mol. The second-order valence-electron chi connectivity index (χ2n) is 10.7. The summed E-state index contributed by atoms with van der Waals surface area (Å²) in [6, 6.07) is 0. The van der Waals surface area contributed by atoms with Gasteiger partial charge in [-0.05, 0) is 37.0 Å². The molecule has 4 N–H and O–H groups in total. The molecule has 0 bridgehead atoms. The van der Waals surface area contributed by atoms with Gasteiger partial charge in [0.15, 0.2) is 5.78 Å². The first kappa shape index (κ1) is 28.6. The first-order valence-electron chi connectivity index (χ1n) is 11.6. The Balaban J connectivity index is 2.54. The van der Waals surface area contributed by atoms with Crippen molar-refractivity contribution in [1.29, 1.82) is 0 Å². The quantitative estimate of drug-likeness (QED) is 0.180. The molecule has 0 saturated heterocycles. The van der Waals surface area contributed by atoms with Crippen molar-refractivity contribution in [3.05, 3.63) is 12.7 Å². The second kappa shape index (κ2) is 10.1. The lowest BCUT2D eigenvalue weighted by molar-refractivity contribution is -0.362. The van der Waals surface area contributed by atoms with E-state index in [1.165, 1.54) is 6.92 Å². The fourth-order valence-corrected chi connectivity index (χ4v) is 6.36. The summed E-state index contributed by atoms with van der Waals surface area (Å²) in [4.78, 5) is 42.3. The summed E-state index contributed by atoms with van der Waals surface area (Å²) in [6.45, 7) is 12.4. The topological polar surface area (TPSA) is 142 Å². The van der Waals surface area contributed by atoms with Crippen molar-refractivity contribution in [3.63, 3.8) is 0 Å². The van der Waals surface area contributed by atoms with Gasteiger partial charge in [-0.25, -0.2) is 9.59 Å². The number of nitrogens with one attached hydrogen (secondary N) is 1. The van der Waals surface area contributed by atoms with E-state index >= 15 is 0 Å². The van der Waals surface area contributed by atoms with Crippen molar-refractivity contribution in [3.8, 4) is 0 Å². The zero-order chi connectivity index (χ0) is 26.1. The Morgan fingerprint density at radius 3 is 2.41 bits per heavy atom. The van der Waals surface area contributed by atoms with Crippen molar-refractivity contribution in [2.45, 2.75) is 84.2 Å². The fourth-order valence-electron chi connectivity index (χ4n) is 6.21. The van der Waals surface area contributed by atoms with E-state index in [1.54, 1.807) is 19.9 Å². The number of hydrogen-bond acceptors (Lipinski definition) is 8. The van der Waals surface area contributed by atoms with Crippen LogP contribution in [-0.2, 0) is 19.2 Å². The number of rotatable bonds is 7. The van der Waals surface area contributed by atoms with Crippen LogP contribution in [-0.4, -0.2) is 56.5 Å². The number of aliphatic hydroxyl groups is 3. The van der Waals surface area contributed by atoms with Crippen molar-refractivity contribution in [2.75, 3.05) is 5.88 Å². The number of hydroxylamine groups is 1. The summed E-state index contributed by atoms with van der Waals surface area (Å²) in [7, 11) is 0. The van der Waals surface area contributed by atoms with E-state index in [-0.39, 0.29) is 37.5 Å². The third-order valence-corrected chi connectivity index (χ3v) is 8.20. The van der Waals surface area contributed by atoms with Gasteiger partial charge in [-0.2, -0.15) is 0 Å². The molecule has 0 spiro atoms. The third-order valence-electron chi connectivity index (χ3n) is 8.01. The van der Waals surface area contributed by atoms with E-state index in [4.69, 9.17) is 16.3 Å². The van der Waals surface area contributed by atoms with E-state index in [0.717, 1.165) is 0 Å². The van der Waals surface area contributed by atoms with Crippen molar-refractivity contribution >= 4 is 29.4 Å². The number of Topliss-reactive ketones (excluding diaryl/α,β-unsaturated/α-hetero) is 1. The van der Waals surface area contributed by atoms with E-state index in [2.05, 4.69) is 11.4 Å². The smallest absolute Gasteiger partial charge is 0.414 e. The molecule has 194 valence electrons. The summed E-state index contributed by atoms with van der Waals surface area (Å²) in [6.07, 6.45) is -0.482. The maximum atomic E-state index is 13.6. The van der Waals surface area contributed by atoms with Gasteiger partial charge in [0.2, 0.25) is 5.79 Å². The number of allylic oxidation sites excluding steroid dienone is 1. The third kappa shape index (κ3) is 4.72. The number of alkyl halides is 1. The summed E-state index contributed by atoms with van der Waals surface area (Å²) < 4.78 is 5.40. The van der Waals surface area contributed by atoms with Gasteiger partial charge in [-0.15, -0.1) is 23.7 Å². The van der Waals surface area contributed by atoms with E-state index < -0.39 is 58.0 Å². The first-order valence-corrected chi connectivity index (χ1v) is 12.2. The molecule has 2 rings (SSSR count). The molecule has 0 radical (unpaired) electrons. The maximum absolute atomic E-state index is 13.6. The number of amides is 1. The molecule has 9 nitrogen and oxygen atoms in total. The van der Waals surface area contributed by atoms with Gasteiger partial charge in [0.1, 0.15) is 5.60 Å². The molecular formula is C24H38ClNO8. The number of carbonyl (C=O) groups excluding carboxylic acids is 3. The normalized spacial score (nSPS) is 37.6. The molecule has 2 aliphatic carbocycles. The molecule has 0 aromatic carbocycles. The van der Waals surface area contributed by atoms with Crippen LogP contribution in [0.2, 0.25) is 0 Å². The molecule has 0 aliphatic heterocycles. The molecule has 2 fully saturated rings. The highest BCUT2D eigenvalue weighted by Gasteiger charge is 2.76. The lowest BCUT2D eigenvalue weighted by Crippen LogP contribution is -2.78. The molecule has 7 atom stereocenters. The number of hydrogen-bond donors (Lipinski definition) is 4. The van der Waals surface area contributed by atoms with E-state index in [9.17, 15) is 29.7 Å². The van der Waals surface area contributed by atoms with Crippen molar-refractivity contribution in [2.24, 2.45) is 28.6 Å². The molecule has 2 aliphatic rings. The van der Waals surface area contributed by atoms with Crippen molar-refractivity contribution < 1.29 is 39.3 Å². The van der Waals surface area contributed by atoms with Gasteiger partial charge >= 0.3 is 12.1 Å². The van der Waals surface area contributed by atoms with Gasteiger partial charge in [0.25, 0.3) is 0 Å². The lowest BCUT2D eigenvalue weighted by atomic mass is 9.41. The molecule has 34 heavy (non-hydrogen) atoms. The molecule has 10 heteroatoms. The van der Waals surface area contributed by atoms with Gasteiger partial charge in [0.05, 0.1) is 17.9 Å². The van der Waals surface area contributed by atoms with Gasteiger partial charge in [-0.3, -0.25) is 4.79 Å². The van der Waals surface area contributed by atoms with Crippen LogP contribution in [0.15, 0.2) is 12.7 Å². The Morgan fingerprint density at radius 2 is 1.85 bits per heavy atom. The monoisotopic (exact) mass is 503 g/mol. The van der Waals surface area contributed by atoms with Gasteiger partial charge < -0.3 is 24.9 Å². The predicted octanol–water partition coefficient (Wildman–Crippen LogP) is 2.84. The zero-order valence-corrected chi connectivity index (χ0v) is 21.4. The number of ketones is 1. The Morgan fingerprint density at radius 1 is 1.24 bits per heavy atom. The Hall–Kier alpha value is -1.68. The van der Waals surface area contributed by atoms with E-state index in [0.29, 0.717) is 6.42 Å². The number of carbonyl (C=O) groups is 3. The van der Waals surface area contributed by atoms with Crippen LogP contribution in [0.5, 0.6) is 0 Å². The highest BCUT2D eigenvalue weighted by atomic mass is 35.5. The highest BCUT2D eigenvalue weighted by Crippen LogP contribution is 2.66. The first-order chi connectivity index (χ1) is 15.6. The zero-order valence-electron chi connectivity index (χ0n) is 20.6. The van der Waals surface area contributed by atoms with Crippen LogP contribution in [0.1, 0.15) is 66.7 Å². The van der Waals surface area contributed by atoms with Crippen LogP contribution >= 0.6 is 11.6 Å². The number of halogens is 1. The second-order valence-corrected chi connectivity index (χ2v) is 11.0. The lowest BCUT2D eigenvalue weighted by Gasteiger charge is -2.67. The number of aliphatic hydroxyl groups excluding tert-OH is 1. The molecule has 0 heterocycles. The van der Waals surface area contributed by atoms with Crippen LogP contribution in [0.3, 0.4) is 0 Å². The van der Waals surface area contributed by atoms with Crippen LogP contribution < -0.4 is 5.48 Å². The van der Waals surface area contributed by atoms with Crippen LogP contribution in [0.4, 0.5) is 4.79 Å². The van der Waals surface area contributed by atoms with Crippen LogP contribution in [0.25, 0.3) is 0 Å². The SMILES string of the molecule is C=C[C@@H](C)CC(=O)[C@]1(O)[C@@H](C)C[C@H](O)[C@H]2C(C)(C)CC[C@](O)(OC(=O)NOC(=O)CCCl)[C@@]21C. The van der Waals surface area contributed by atoms with Crippen molar-refractivity contribution in [1.82, 2.24) is 5.48 Å². The van der Waals surface area contributed by atoms with Gasteiger partial charge in [0, 0.05) is 24.6 Å². The molecule has 0 aromatic heterocycles. The Kier molecular flexibility index (Phi) is 8.51. The number of fused-ring (bicyclic) bond motifs is 1. The summed E-state index contributed by atoms with van der Waals surface area (Å²) in [5, 5.41) is 35.1. The fraction of sp³-hybridized carbons (Fsp3) is 0.792. The molecule has 2 saturated carbocycles. The standard InChI is InChI=1S/C24H38ClNO8/c1-7-14(2)12-17(28)24(32)15(3)13-16(27)19-21(4,5)9-10-23(31,22(19,24)6)33-20(30)26-34-18(29)8-11-25/h7,14-16,19,27,31-32H,1,8-13H2,2-6H3,(H,26,30)/t14-,15+,16+,19+,22-,23+,24-/m1/s1. The maximum Gasteiger partial charge on any atom is 0.443 e. The minimum Gasteiger partial charge on any atom is -0.414 e. The summed E-state index contributed by atoms with van der Waals surface area (Å²) in [5.74, 6) is -5.49. The minimum atomic E-state index is -2.35. The summed E-state index contributed by atoms with van der Waals surface area (Å²) >= 11 is 5.47.